The van der Waals surface area contributed by atoms with Gasteiger partial charge in [-0.25, -0.2) is 23.5 Å². The molecule has 7 heteroatoms. The Morgan fingerprint density at radius 3 is 2.25 bits per heavy atom. The average molecular weight is 245 g/mol. The van der Waals surface area contributed by atoms with Gasteiger partial charge in [-0.2, -0.15) is 0 Å². The molecule has 0 saturated carbocycles. The van der Waals surface area contributed by atoms with E-state index >= 15 is 0 Å². The summed E-state index contributed by atoms with van der Waals surface area (Å²) in [5, 5.41) is 4.23. The van der Waals surface area contributed by atoms with Crippen LogP contribution in [0.5, 0.6) is 0 Å². The molecule has 0 amide bonds. The number of primary sulfonamides is 1. The van der Waals surface area contributed by atoms with Gasteiger partial charge >= 0.3 is 0 Å². The first-order chi connectivity index (χ1) is 7.36. The molecule has 1 rings (SSSR count). The minimum Gasteiger partial charge on any atom is -0.375 e. The van der Waals surface area contributed by atoms with Gasteiger partial charge in [-0.15, -0.1) is 0 Å². The maximum absolute atomic E-state index is 11.2. The minimum atomic E-state index is -3.65. The highest BCUT2D eigenvalue weighted by molar-refractivity contribution is 7.89. The normalized spacial score (nSPS) is 15.8. The molecule has 6 nitrogen and oxygen atoms in total. The number of nitrogens with two attached hydrogens (primary N) is 1. The van der Waals surface area contributed by atoms with Crippen LogP contribution >= 0.6 is 0 Å². The fraction of sp³-hybridized carbons (Fsp3) is 0.556. The second kappa shape index (κ2) is 4.86. The molecule has 1 aromatic heterocycles. The van der Waals surface area contributed by atoms with E-state index < -0.39 is 21.4 Å². The van der Waals surface area contributed by atoms with E-state index in [1.54, 1.807) is 6.92 Å². The van der Waals surface area contributed by atoms with Crippen molar-refractivity contribution >= 4 is 10.0 Å². The van der Waals surface area contributed by atoms with Crippen molar-refractivity contribution in [3.63, 3.8) is 0 Å². The Bertz CT molecular complexity index is 444. The molecule has 0 aliphatic carbocycles. The van der Waals surface area contributed by atoms with Gasteiger partial charge in [-0.05, 0) is 13.8 Å². The Morgan fingerprint density at radius 1 is 1.38 bits per heavy atom. The van der Waals surface area contributed by atoms with Crippen LogP contribution in [0.25, 0.3) is 0 Å². The van der Waals surface area contributed by atoms with E-state index in [0.717, 1.165) is 0 Å². The molecule has 0 bridgehead atoms. The monoisotopic (exact) mass is 245 g/mol. The van der Waals surface area contributed by atoms with Crippen molar-refractivity contribution in [1.29, 1.82) is 0 Å². The van der Waals surface area contributed by atoms with E-state index in [1.807, 2.05) is 0 Å². The largest absolute Gasteiger partial charge is 0.375 e. The van der Waals surface area contributed by atoms with Gasteiger partial charge in [0.2, 0.25) is 10.0 Å². The van der Waals surface area contributed by atoms with Gasteiger partial charge in [0.25, 0.3) is 0 Å². The van der Waals surface area contributed by atoms with Gasteiger partial charge < -0.3 is 4.74 Å². The molecule has 0 aromatic carbocycles. The summed E-state index contributed by atoms with van der Waals surface area (Å²) in [6.07, 6.45) is 2.42. The lowest BCUT2D eigenvalue weighted by atomic mass is 10.1. The maximum atomic E-state index is 11.2. The lowest BCUT2D eigenvalue weighted by molar-refractivity contribution is 0.102. The van der Waals surface area contributed by atoms with Crippen molar-refractivity contribution in [1.82, 2.24) is 9.97 Å². The van der Waals surface area contributed by atoms with E-state index in [1.165, 1.54) is 26.4 Å². The molecule has 2 unspecified atom stereocenters. The number of rotatable bonds is 4. The van der Waals surface area contributed by atoms with Crippen molar-refractivity contribution in [3.05, 3.63) is 23.8 Å². The molecule has 90 valence electrons. The molecule has 0 spiro atoms. The summed E-state index contributed by atoms with van der Waals surface area (Å²) in [6, 6.07) is 0. The Hall–Kier alpha value is -1.05. The van der Waals surface area contributed by atoms with Crippen LogP contribution in [0, 0.1) is 6.92 Å². The molecule has 0 aliphatic rings. The van der Waals surface area contributed by atoms with Crippen LogP contribution in [0.15, 0.2) is 12.4 Å². The summed E-state index contributed by atoms with van der Waals surface area (Å²) in [7, 11) is -2.23. The average Bonchev–Trinajstić information content (AvgIpc) is 2.20. The summed E-state index contributed by atoms with van der Waals surface area (Å²) in [5.41, 5.74) is 0.592. The predicted molar refractivity (Wildman–Crippen MR) is 59.1 cm³/mol. The molecule has 2 atom stereocenters. The van der Waals surface area contributed by atoms with E-state index in [2.05, 4.69) is 9.97 Å². The highest BCUT2D eigenvalue weighted by atomic mass is 32.2. The Kier molecular flexibility index (Phi) is 3.95. The number of hydrogen-bond donors (Lipinski definition) is 1. The first-order valence-electron chi connectivity index (χ1n) is 4.69. The second-order valence-corrected chi connectivity index (χ2v) is 5.44. The summed E-state index contributed by atoms with van der Waals surface area (Å²) in [4.78, 5) is 7.97. The molecule has 16 heavy (non-hydrogen) atoms. The summed E-state index contributed by atoms with van der Waals surface area (Å²) < 4.78 is 27.6. The van der Waals surface area contributed by atoms with Crippen molar-refractivity contribution in [2.75, 3.05) is 7.11 Å². The van der Waals surface area contributed by atoms with Gasteiger partial charge in [0, 0.05) is 25.1 Å². The molecule has 0 aliphatic heterocycles. The molecule has 0 radical (unpaired) electrons. The smallest absolute Gasteiger partial charge is 0.214 e. The number of sulfonamides is 1. The highest BCUT2D eigenvalue weighted by Gasteiger charge is 2.28. The zero-order valence-corrected chi connectivity index (χ0v) is 10.2. The number of methoxy groups -OCH3 is 1. The Labute approximate surface area is 94.9 Å². The lowest BCUT2D eigenvalue weighted by Gasteiger charge is -2.20. The van der Waals surface area contributed by atoms with E-state index in [9.17, 15) is 8.42 Å². The van der Waals surface area contributed by atoms with E-state index in [0.29, 0.717) is 11.4 Å². The van der Waals surface area contributed by atoms with Gasteiger partial charge in [0.1, 0.15) is 17.2 Å². The fourth-order valence-corrected chi connectivity index (χ4v) is 1.93. The third-order valence-corrected chi connectivity index (χ3v) is 3.61. The van der Waals surface area contributed by atoms with Gasteiger partial charge in [-0.1, -0.05) is 0 Å². The van der Waals surface area contributed by atoms with Crippen LogP contribution in [0.3, 0.4) is 0 Å². The van der Waals surface area contributed by atoms with Crippen molar-refractivity contribution in [2.45, 2.75) is 25.2 Å². The molecular weight excluding hydrogens is 230 g/mol. The fourth-order valence-electron chi connectivity index (χ4n) is 1.32. The lowest BCUT2D eigenvalue weighted by Crippen LogP contribution is -2.32. The van der Waals surface area contributed by atoms with Crippen molar-refractivity contribution in [2.24, 2.45) is 5.14 Å². The van der Waals surface area contributed by atoms with E-state index in [4.69, 9.17) is 9.88 Å². The zero-order chi connectivity index (χ0) is 12.3. The molecule has 1 heterocycles. The number of hydrogen-bond acceptors (Lipinski definition) is 5. The van der Waals surface area contributed by atoms with Gasteiger partial charge in [-0.3, -0.25) is 0 Å². The second-order valence-electron chi connectivity index (χ2n) is 3.51. The van der Waals surface area contributed by atoms with Gasteiger partial charge in [0.15, 0.2) is 0 Å². The third kappa shape index (κ3) is 2.97. The van der Waals surface area contributed by atoms with Crippen LogP contribution in [-0.2, 0) is 14.8 Å². The van der Waals surface area contributed by atoms with Crippen LogP contribution in [-0.4, -0.2) is 30.7 Å². The molecule has 0 fully saturated rings. The number of nitrogens with zero attached hydrogens (tertiary/aromatic N) is 2. The zero-order valence-electron chi connectivity index (χ0n) is 9.41. The van der Waals surface area contributed by atoms with Crippen molar-refractivity contribution < 1.29 is 13.2 Å². The predicted octanol–water partition coefficient (Wildman–Crippen LogP) is 0.150. The summed E-state index contributed by atoms with van der Waals surface area (Å²) in [5.74, 6) is 0.613. The van der Waals surface area contributed by atoms with Crippen LogP contribution in [0.1, 0.15) is 24.4 Å². The first-order valence-corrected chi connectivity index (χ1v) is 6.30. The first kappa shape index (κ1) is 13.0. The van der Waals surface area contributed by atoms with Crippen LogP contribution in [0.4, 0.5) is 0 Å². The number of aromatic nitrogens is 2. The molecule has 2 N–H and O–H groups in total. The quantitative estimate of drug-likeness (QED) is 0.814. The SMILES string of the molecule is COC(c1cnc(C)nc1)C(C)S(N)(=O)=O. The minimum absolute atomic E-state index is 0.592. The Balaban J connectivity index is 3.03. The van der Waals surface area contributed by atoms with Crippen LogP contribution < -0.4 is 5.14 Å². The standard InChI is InChI=1S/C9H15N3O3S/c1-6(16(10,13)14)9(15-3)8-4-11-7(2)12-5-8/h4-6,9H,1-3H3,(H2,10,13,14). The third-order valence-electron chi connectivity index (χ3n) is 2.33. The van der Waals surface area contributed by atoms with Gasteiger partial charge in [0.05, 0.1) is 0 Å². The summed E-state index contributed by atoms with van der Waals surface area (Å²) >= 11 is 0. The topological polar surface area (TPSA) is 95.2 Å². The van der Waals surface area contributed by atoms with Crippen molar-refractivity contribution in [3.8, 4) is 0 Å². The molecule has 1 aromatic rings. The Morgan fingerprint density at radius 2 is 1.88 bits per heavy atom. The van der Waals surface area contributed by atoms with E-state index in [-0.39, 0.29) is 0 Å². The summed E-state index contributed by atoms with van der Waals surface area (Å²) in [6.45, 7) is 3.23. The number of ether oxygens (including phenoxy) is 1. The molecule has 0 saturated heterocycles. The number of aryl methyl sites for hydroxylation is 1. The maximum Gasteiger partial charge on any atom is 0.214 e. The van der Waals surface area contributed by atoms with Crippen LogP contribution in [0.2, 0.25) is 0 Å². The highest BCUT2D eigenvalue weighted by Crippen LogP contribution is 2.22. The molecular formula is C9H15N3O3S.